The van der Waals surface area contributed by atoms with Gasteiger partial charge < -0.3 is 5.73 Å². The lowest BCUT2D eigenvalue weighted by Gasteiger charge is -2.11. The summed E-state index contributed by atoms with van der Waals surface area (Å²) >= 11 is 3.52. The molecular formula is C11H18BrN3. The van der Waals surface area contributed by atoms with Crippen LogP contribution in [-0.2, 0) is 0 Å². The molecule has 1 aromatic rings. The minimum atomic E-state index is 0.368. The van der Waals surface area contributed by atoms with Gasteiger partial charge in [-0.25, -0.2) is 0 Å². The second-order valence-corrected chi connectivity index (χ2v) is 4.70. The van der Waals surface area contributed by atoms with E-state index in [0.29, 0.717) is 12.6 Å². The molecule has 0 aromatic carbocycles. The molecular weight excluding hydrogens is 254 g/mol. The number of rotatable bonds is 4. The third-order valence-corrected chi connectivity index (χ3v) is 2.81. The average Bonchev–Trinajstić information content (AvgIpc) is 2.56. The molecule has 0 saturated heterocycles. The van der Waals surface area contributed by atoms with Gasteiger partial charge in [0.25, 0.3) is 0 Å². The predicted octanol–water partition coefficient (Wildman–Crippen LogP) is 2.98. The van der Waals surface area contributed by atoms with Gasteiger partial charge in [-0.1, -0.05) is 6.08 Å². The monoisotopic (exact) mass is 271 g/mol. The molecule has 0 amide bonds. The molecule has 84 valence electrons. The number of allylic oxidation sites excluding steroid dienone is 1. The summed E-state index contributed by atoms with van der Waals surface area (Å²) in [5.74, 6) is 0. The Morgan fingerprint density at radius 2 is 2.33 bits per heavy atom. The van der Waals surface area contributed by atoms with Crippen LogP contribution in [0.3, 0.4) is 0 Å². The van der Waals surface area contributed by atoms with E-state index in [9.17, 15) is 0 Å². The maximum Gasteiger partial charge on any atom is 0.0781 e. The van der Waals surface area contributed by atoms with Gasteiger partial charge in [0.1, 0.15) is 0 Å². The van der Waals surface area contributed by atoms with Crippen molar-refractivity contribution < 1.29 is 0 Å². The molecule has 3 nitrogen and oxygen atoms in total. The van der Waals surface area contributed by atoms with Crippen molar-refractivity contribution in [1.82, 2.24) is 9.78 Å². The van der Waals surface area contributed by atoms with Crippen LogP contribution in [0.4, 0.5) is 0 Å². The molecule has 1 rings (SSSR count). The summed E-state index contributed by atoms with van der Waals surface area (Å²) in [5, 5.41) is 4.34. The Morgan fingerprint density at radius 1 is 1.67 bits per heavy atom. The van der Waals surface area contributed by atoms with Crippen LogP contribution < -0.4 is 5.73 Å². The molecule has 15 heavy (non-hydrogen) atoms. The number of nitrogens with zero attached hydrogens (tertiary/aromatic N) is 2. The van der Waals surface area contributed by atoms with Gasteiger partial charge in [0.2, 0.25) is 0 Å². The maximum atomic E-state index is 5.49. The normalized spacial score (nSPS) is 12.5. The molecule has 0 atom stereocenters. The van der Waals surface area contributed by atoms with E-state index in [2.05, 4.69) is 47.9 Å². The second kappa shape index (κ2) is 5.47. The van der Waals surface area contributed by atoms with Crippen molar-refractivity contribution >= 4 is 21.5 Å². The lowest BCUT2D eigenvalue weighted by molar-refractivity contribution is 0.526. The van der Waals surface area contributed by atoms with Crippen molar-refractivity contribution in [3.05, 3.63) is 22.4 Å². The minimum Gasteiger partial charge on any atom is -0.330 e. The zero-order chi connectivity index (χ0) is 11.4. The zero-order valence-corrected chi connectivity index (χ0v) is 11.1. The fraction of sp³-hybridized carbons (Fsp3) is 0.545. The third kappa shape index (κ3) is 2.92. The molecule has 0 radical (unpaired) electrons. The van der Waals surface area contributed by atoms with Crippen LogP contribution in [0, 0.1) is 0 Å². The summed E-state index contributed by atoms with van der Waals surface area (Å²) in [5.41, 5.74) is 7.86. The van der Waals surface area contributed by atoms with E-state index in [-0.39, 0.29) is 0 Å². The van der Waals surface area contributed by atoms with Gasteiger partial charge in [-0.2, -0.15) is 5.10 Å². The van der Waals surface area contributed by atoms with E-state index in [1.165, 1.54) is 5.57 Å². The number of hydrogen-bond donors (Lipinski definition) is 1. The Kier molecular flexibility index (Phi) is 4.54. The quantitative estimate of drug-likeness (QED) is 0.915. The van der Waals surface area contributed by atoms with Gasteiger partial charge in [0.15, 0.2) is 0 Å². The fourth-order valence-corrected chi connectivity index (χ4v) is 2.08. The first kappa shape index (κ1) is 12.5. The van der Waals surface area contributed by atoms with Crippen molar-refractivity contribution in [2.24, 2.45) is 5.73 Å². The Labute approximate surface area is 99.5 Å². The molecule has 0 spiro atoms. The average molecular weight is 272 g/mol. The number of aromatic nitrogens is 2. The smallest absolute Gasteiger partial charge is 0.0781 e. The highest BCUT2D eigenvalue weighted by atomic mass is 79.9. The van der Waals surface area contributed by atoms with Crippen LogP contribution in [0.2, 0.25) is 0 Å². The van der Waals surface area contributed by atoms with Crippen LogP contribution in [0.5, 0.6) is 0 Å². The summed E-state index contributed by atoms with van der Waals surface area (Å²) in [4.78, 5) is 0. The van der Waals surface area contributed by atoms with E-state index in [4.69, 9.17) is 5.73 Å². The van der Waals surface area contributed by atoms with Crippen LogP contribution in [-0.4, -0.2) is 16.3 Å². The van der Waals surface area contributed by atoms with Gasteiger partial charge in [-0.15, -0.1) is 0 Å². The third-order valence-electron chi connectivity index (χ3n) is 2.23. The molecule has 0 aliphatic carbocycles. The first-order chi connectivity index (χ1) is 7.07. The standard InChI is InChI=1S/C11H18BrN3/c1-8(2)15-11(10(12)7-14-15)9(3)5-4-6-13/h5,7-8H,4,6,13H2,1-3H3. The summed E-state index contributed by atoms with van der Waals surface area (Å²) in [7, 11) is 0. The first-order valence-corrected chi connectivity index (χ1v) is 5.97. The summed E-state index contributed by atoms with van der Waals surface area (Å²) in [6, 6.07) is 0.368. The molecule has 1 aromatic heterocycles. The van der Waals surface area contributed by atoms with Crippen molar-refractivity contribution in [2.75, 3.05) is 6.54 Å². The van der Waals surface area contributed by atoms with E-state index < -0.39 is 0 Å². The Balaban J connectivity index is 3.06. The van der Waals surface area contributed by atoms with E-state index in [1.807, 2.05) is 10.9 Å². The molecule has 0 aliphatic rings. The Bertz CT molecular complexity index is 353. The lowest BCUT2D eigenvalue weighted by atomic mass is 10.1. The predicted molar refractivity (Wildman–Crippen MR) is 67.6 cm³/mol. The number of halogens is 1. The Hall–Kier alpha value is -0.610. The first-order valence-electron chi connectivity index (χ1n) is 5.18. The van der Waals surface area contributed by atoms with Gasteiger partial charge in [-0.05, 0) is 55.2 Å². The van der Waals surface area contributed by atoms with Crippen molar-refractivity contribution in [3.63, 3.8) is 0 Å². The molecule has 0 saturated carbocycles. The van der Waals surface area contributed by atoms with Crippen LogP contribution in [0.1, 0.15) is 38.9 Å². The SMILES string of the molecule is CC(=CCCN)c1c(Br)cnn1C(C)C. The van der Waals surface area contributed by atoms with Gasteiger partial charge in [0, 0.05) is 6.04 Å². The topological polar surface area (TPSA) is 43.8 Å². The summed E-state index contributed by atoms with van der Waals surface area (Å²) < 4.78 is 3.06. The largest absolute Gasteiger partial charge is 0.330 e. The molecule has 0 bridgehead atoms. The zero-order valence-electron chi connectivity index (χ0n) is 9.50. The summed E-state index contributed by atoms with van der Waals surface area (Å²) in [6.45, 7) is 7.03. The van der Waals surface area contributed by atoms with Crippen molar-refractivity contribution in [3.8, 4) is 0 Å². The molecule has 0 unspecified atom stereocenters. The highest BCUT2D eigenvalue weighted by Crippen LogP contribution is 2.26. The second-order valence-electron chi connectivity index (χ2n) is 3.84. The lowest BCUT2D eigenvalue weighted by Crippen LogP contribution is -2.06. The van der Waals surface area contributed by atoms with Gasteiger partial charge >= 0.3 is 0 Å². The molecule has 1 heterocycles. The minimum absolute atomic E-state index is 0.368. The van der Waals surface area contributed by atoms with E-state index >= 15 is 0 Å². The maximum absolute atomic E-state index is 5.49. The van der Waals surface area contributed by atoms with E-state index in [1.54, 1.807) is 0 Å². The molecule has 0 fully saturated rings. The highest BCUT2D eigenvalue weighted by molar-refractivity contribution is 9.10. The molecule has 2 N–H and O–H groups in total. The number of nitrogens with two attached hydrogens (primary N) is 1. The van der Waals surface area contributed by atoms with Crippen molar-refractivity contribution in [1.29, 1.82) is 0 Å². The van der Waals surface area contributed by atoms with Gasteiger partial charge in [0.05, 0.1) is 16.4 Å². The van der Waals surface area contributed by atoms with Crippen LogP contribution in [0.15, 0.2) is 16.7 Å². The number of hydrogen-bond acceptors (Lipinski definition) is 2. The highest BCUT2D eigenvalue weighted by Gasteiger charge is 2.12. The molecule has 4 heteroatoms. The van der Waals surface area contributed by atoms with Crippen LogP contribution in [0.25, 0.3) is 5.57 Å². The van der Waals surface area contributed by atoms with Crippen molar-refractivity contribution in [2.45, 2.75) is 33.2 Å². The van der Waals surface area contributed by atoms with Gasteiger partial charge in [-0.3, -0.25) is 4.68 Å². The van der Waals surface area contributed by atoms with Crippen LogP contribution >= 0.6 is 15.9 Å². The fourth-order valence-electron chi connectivity index (χ4n) is 1.50. The molecule has 0 aliphatic heterocycles. The Morgan fingerprint density at radius 3 is 2.87 bits per heavy atom. The van der Waals surface area contributed by atoms with E-state index in [0.717, 1.165) is 16.6 Å². The summed E-state index contributed by atoms with van der Waals surface area (Å²) in [6.07, 6.45) is 4.90.